The number of likely N-dealkylation sites (tertiary alicyclic amines) is 1. The number of rotatable bonds is 9. The van der Waals surface area contributed by atoms with E-state index in [2.05, 4.69) is 34.5 Å². The van der Waals surface area contributed by atoms with Crippen molar-refractivity contribution in [2.45, 2.75) is 70.1 Å². The van der Waals surface area contributed by atoms with Gasteiger partial charge in [0.25, 0.3) is 0 Å². The van der Waals surface area contributed by atoms with Crippen LogP contribution in [0.2, 0.25) is 0 Å². The van der Waals surface area contributed by atoms with Gasteiger partial charge in [-0.25, -0.2) is 4.79 Å². The zero-order chi connectivity index (χ0) is 26.3. The number of benzene rings is 3. The molecule has 6 nitrogen and oxygen atoms in total. The molecule has 3 aromatic rings. The summed E-state index contributed by atoms with van der Waals surface area (Å²) in [4.78, 5) is 27.2. The highest BCUT2D eigenvalue weighted by molar-refractivity contribution is 5.97. The highest BCUT2D eigenvalue weighted by atomic mass is 16.5. The van der Waals surface area contributed by atoms with Crippen LogP contribution < -0.4 is 10.1 Å². The molecule has 0 spiro atoms. The van der Waals surface area contributed by atoms with Crippen LogP contribution in [0, 0.1) is 0 Å². The van der Waals surface area contributed by atoms with E-state index >= 15 is 0 Å². The van der Waals surface area contributed by atoms with Crippen LogP contribution in [0.15, 0.2) is 72.8 Å². The largest absolute Gasteiger partial charge is 0.488 e. The second-order valence-electron chi connectivity index (χ2n) is 10.5. The zero-order valence-corrected chi connectivity index (χ0v) is 21.8. The van der Waals surface area contributed by atoms with E-state index in [1.54, 1.807) is 12.1 Å². The van der Waals surface area contributed by atoms with Gasteiger partial charge in [0.05, 0.1) is 6.04 Å². The van der Waals surface area contributed by atoms with Crippen molar-refractivity contribution >= 4 is 17.6 Å². The Kier molecular flexibility index (Phi) is 8.39. The highest BCUT2D eigenvalue weighted by Crippen LogP contribution is 2.33. The predicted molar refractivity (Wildman–Crippen MR) is 149 cm³/mol. The third-order valence-electron chi connectivity index (χ3n) is 7.82. The third-order valence-corrected chi connectivity index (χ3v) is 7.82. The number of ether oxygens (including phenoxy) is 1. The Morgan fingerprint density at radius 2 is 1.63 bits per heavy atom. The maximum atomic E-state index is 13.3. The van der Waals surface area contributed by atoms with Gasteiger partial charge >= 0.3 is 5.97 Å². The van der Waals surface area contributed by atoms with Crippen LogP contribution in [-0.2, 0) is 17.9 Å². The normalized spacial score (nSPS) is 18.3. The van der Waals surface area contributed by atoms with Crippen LogP contribution in [0.3, 0.4) is 0 Å². The van der Waals surface area contributed by atoms with Crippen molar-refractivity contribution in [1.29, 1.82) is 0 Å². The second-order valence-corrected chi connectivity index (χ2v) is 10.5. The summed E-state index contributed by atoms with van der Waals surface area (Å²) in [5, 5.41) is 12.6. The molecule has 38 heavy (non-hydrogen) atoms. The number of nitrogens with one attached hydrogen (secondary N) is 1. The summed E-state index contributed by atoms with van der Waals surface area (Å²) in [5.41, 5.74) is 4.21. The lowest BCUT2D eigenvalue weighted by molar-refractivity contribution is -0.120. The lowest BCUT2D eigenvalue weighted by Crippen LogP contribution is -2.39. The second kappa shape index (κ2) is 12.3. The molecular weight excluding hydrogens is 476 g/mol. The van der Waals surface area contributed by atoms with Crippen molar-refractivity contribution in [2.24, 2.45) is 0 Å². The van der Waals surface area contributed by atoms with Gasteiger partial charge < -0.3 is 15.2 Å². The zero-order valence-electron chi connectivity index (χ0n) is 21.8. The van der Waals surface area contributed by atoms with E-state index in [9.17, 15) is 14.7 Å². The van der Waals surface area contributed by atoms with Crippen LogP contribution in [0.1, 0.15) is 77.9 Å². The first kappa shape index (κ1) is 26.0. The lowest BCUT2D eigenvalue weighted by atomic mass is 9.84. The molecule has 0 unspecified atom stereocenters. The fraction of sp³-hybridized carbons (Fsp3) is 0.375. The van der Waals surface area contributed by atoms with Crippen molar-refractivity contribution in [3.05, 3.63) is 95.1 Å². The smallest absolute Gasteiger partial charge is 0.339 e. The molecule has 2 N–H and O–H groups in total. The van der Waals surface area contributed by atoms with Gasteiger partial charge in [0.2, 0.25) is 5.91 Å². The fourth-order valence-corrected chi connectivity index (χ4v) is 5.74. The Morgan fingerprint density at radius 1 is 0.868 bits per heavy atom. The van der Waals surface area contributed by atoms with Crippen LogP contribution >= 0.6 is 0 Å². The number of carboxylic acids is 1. The summed E-state index contributed by atoms with van der Waals surface area (Å²) >= 11 is 0. The number of aromatic carboxylic acids is 1. The molecule has 6 heteroatoms. The number of hydrogen-bond acceptors (Lipinski definition) is 4. The number of anilines is 1. The first-order valence-corrected chi connectivity index (χ1v) is 13.7. The van der Waals surface area contributed by atoms with Gasteiger partial charge in [-0.3, -0.25) is 9.69 Å². The maximum Gasteiger partial charge on any atom is 0.339 e. The first-order chi connectivity index (χ1) is 18.6. The molecule has 2 fully saturated rings. The third kappa shape index (κ3) is 6.43. The molecule has 5 rings (SSSR count). The van der Waals surface area contributed by atoms with Crippen molar-refractivity contribution in [2.75, 3.05) is 11.9 Å². The average molecular weight is 513 g/mol. The molecule has 1 heterocycles. The van der Waals surface area contributed by atoms with Gasteiger partial charge in [-0.05, 0) is 67.0 Å². The molecule has 2 aliphatic rings. The van der Waals surface area contributed by atoms with E-state index in [-0.39, 0.29) is 29.9 Å². The Morgan fingerprint density at radius 3 is 2.37 bits per heavy atom. The highest BCUT2D eigenvalue weighted by Gasteiger charge is 2.31. The van der Waals surface area contributed by atoms with Crippen molar-refractivity contribution < 1.29 is 19.4 Å². The van der Waals surface area contributed by atoms with Gasteiger partial charge in [0.15, 0.2) is 0 Å². The van der Waals surface area contributed by atoms with Crippen molar-refractivity contribution in [1.82, 2.24) is 4.90 Å². The molecular formula is C32H36N2O4. The Hall–Kier alpha value is -3.64. The van der Waals surface area contributed by atoms with E-state index in [4.69, 9.17) is 4.74 Å². The van der Waals surface area contributed by atoms with Gasteiger partial charge in [-0.2, -0.15) is 0 Å². The summed E-state index contributed by atoms with van der Waals surface area (Å²) in [6.07, 6.45) is 8.38. The van der Waals surface area contributed by atoms with Gasteiger partial charge in [-0.1, -0.05) is 73.9 Å². The summed E-state index contributed by atoms with van der Waals surface area (Å²) in [6.45, 7) is 1.87. The molecule has 1 saturated heterocycles. The summed E-state index contributed by atoms with van der Waals surface area (Å²) in [5.74, 6) is -0.210. The monoisotopic (exact) mass is 512 g/mol. The molecule has 1 aliphatic carbocycles. The predicted octanol–water partition coefficient (Wildman–Crippen LogP) is 6.61. The van der Waals surface area contributed by atoms with Crippen LogP contribution in [0.25, 0.3) is 0 Å². The molecule has 1 saturated carbocycles. The lowest BCUT2D eigenvalue weighted by Gasteiger charge is -2.25. The topological polar surface area (TPSA) is 78.9 Å². The van der Waals surface area contributed by atoms with Crippen LogP contribution in [-0.4, -0.2) is 34.5 Å². The van der Waals surface area contributed by atoms with Gasteiger partial charge in [0, 0.05) is 18.3 Å². The molecule has 198 valence electrons. The van der Waals surface area contributed by atoms with E-state index in [1.807, 2.05) is 30.3 Å². The number of amides is 1. The minimum Gasteiger partial charge on any atom is -0.488 e. The summed E-state index contributed by atoms with van der Waals surface area (Å²) < 4.78 is 5.84. The molecule has 0 bridgehead atoms. The molecule has 1 amide bonds. The maximum absolute atomic E-state index is 13.3. The van der Waals surface area contributed by atoms with Crippen LogP contribution in [0.4, 0.5) is 5.69 Å². The Balaban J connectivity index is 1.22. The summed E-state index contributed by atoms with van der Waals surface area (Å²) in [7, 11) is 0. The molecule has 0 aromatic heterocycles. The standard InChI is InChI=1S/C32H36N2O4/c35-31(33-27-17-18-28(32(36)37)30(20-27)38-22-24-8-3-1-4-9-24)29-12-7-19-34(29)21-23-13-15-26(16-14-23)25-10-5-2-6-11-25/h1,3-4,8-9,13-18,20,25,29H,2,5-7,10-12,19,21-22H2,(H,33,35)(H,36,37)/t29-/m1/s1. The summed E-state index contributed by atoms with van der Waals surface area (Å²) in [6, 6.07) is 23.1. The van der Waals surface area contributed by atoms with Crippen molar-refractivity contribution in [3.63, 3.8) is 0 Å². The number of carboxylic acid groups (broad SMARTS) is 1. The SMILES string of the molecule is O=C(O)c1ccc(NC(=O)[C@H]2CCCN2Cc2ccc(C3CCCCC3)cc2)cc1OCc1ccccc1. The average Bonchev–Trinajstić information content (AvgIpc) is 3.41. The van der Waals surface area contributed by atoms with Gasteiger partial charge in [0.1, 0.15) is 17.9 Å². The van der Waals surface area contributed by atoms with E-state index < -0.39 is 5.97 Å². The van der Waals surface area contributed by atoms with E-state index in [1.165, 1.54) is 49.3 Å². The van der Waals surface area contributed by atoms with E-state index in [0.29, 0.717) is 11.6 Å². The quantitative estimate of drug-likeness (QED) is 0.337. The molecule has 1 aliphatic heterocycles. The fourth-order valence-electron chi connectivity index (χ4n) is 5.74. The van der Waals surface area contributed by atoms with E-state index in [0.717, 1.165) is 31.5 Å². The van der Waals surface area contributed by atoms with Crippen molar-refractivity contribution in [3.8, 4) is 5.75 Å². The minimum absolute atomic E-state index is 0.0677. The number of carbonyl (C=O) groups excluding carboxylic acids is 1. The molecule has 3 aromatic carbocycles. The number of nitrogens with zero attached hydrogens (tertiary/aromatic N) is 1. The Bertz CT molecular complexity index is 1240. The first-order valence-electron chi connectivity index (χ1n) is 13.7. The number of hydrogen-bond donors (Lipinski definition) is 2. The Labute approximate surface area is 224 Å². The molecule has 1 atom stereocenters. The minimum atomic E-state index is -1.07. The molecule has 0 radical (unpaired) electrons. The number of carbonyl (C=O) groups is 2. The van der Waals surface area contributed by atoms with Gasteiger partial charge in [-0.15, -0.1) is 0 Å². The van der Waals surface area contributed by atoms with Crippen LogP contribution in [0.5, 0.6) is 5.75 Å².